The smallest absolute Gasteiger partial charge is 0.233 e. The van der Waals surface area contributed by atoms with Crippen molar-refractivity contribution in [1.29, 1.82) is 0 Å². The molecule has 1 spiro atoms. The normalized spacial score (nSPS) is 30.4. The fourth-order valence-electron chi connectivity index (χ4n) is 6.30. The van der Waals surface area contributed by atoms with Gasteiger partial charge in [0.25, 0.3) is 0 Å². The van der Waals surface area contributed by atoms with Crippen molar-refractivity contribution in [2.75, 3.05) is 37.6 Å². The van der Waals surface area contributed by atoms with E-state index >= 15 is 4.39 Å². The number of anilines is 1. The lowest BCUT2D eigenvalue weighted by Gasteiger charge is -2.35. The van der Waals surface area contributed by atoms with Gasteiger partial charge in [0, 0.05) is 12.6 Å². The average Bonchev–Trinajstić information content (AvgIpc) is 3.39. The number of carbonyl (C=O) groups excluding carboxylic acids is 1. The highest BCUT2D eigenvalue weighted by Gasteiger charge is 2.47. The van der Waals surface area contributed by atoms with Crippen LogP contribution in [0.2, 0.25) is 0 Å². The highest BCUT2D eigenvalue weighted by molar-refractivity contribution is 6.00. The van der Waals surface area contributed by atoms with Crippen LogP contribution in [0.1, 0.15) is 69.3 Å². The van der Waals surface area contributed by atoms with E-state index in [1.54, 1.807) is 11.0 Å². The quantitative estimate of drug-likeness (QED) is 0.833. The molecule has 158 valence electrons. The number of amides is 1. The van der Waals surface area contributed by atoms with Crippen molar-refractivity contribution in [3.63, 3.8) is 0 Å². The van der Waals surface area contributed by atoms with Crippen molar-refractivity contribution in [2.24, 2.45) is 5.41 Å². The lowest BCUT2D eigenvalue weighted by molar-refractivity contribution is -0.126. The molecule has 4 nitrogen and oxygen atoms in total. The average molecular weight is 400 g/mol. The van der Waals surface area contributed by atoms with Crippen LogP contribution in [0.25, 0.3) is 0 Å². The number of likely N-dealkylation sites (tertiary alicyclic amines) is 1. The van der Waals surface area contributed by atoms with Gasteiger partial charge in [-0.05, 0) is 108 Å². The number of hydrogen-bond donors (Lipinski definition) is 1. The van der Waals surface area contributed by atoms with Gasteiger partial charge in [0.1, 0.15) is 5.82 Å². The van der Waals surface area contributed by atoms with Gasteiger partial charge < -0.3 is 15.1 Å². The Hall–Kier alpha value is -1.46. The fraction of sp³-hybridized carbons (Fsp3) is 0.708. The van der Waals surface area contributed by atoms with Crippen molar-refractivity contribution < 1.29 is 9.18 Å². The number of halogens is 1. The van der Waals surface area contributed by atoms with Gasteiger partial charge in [-0.3, -0.25) is 4.79 Å². The van der Waals surface area contributed by atoms with Crippen LogP contribution in [0.15, 0.2) is 18.2 Å². The third-order valence-electron chi connectivity index (χ3n) is 8.16. The number of nitrogens with zero attached hydrogens (tertiary/aromatic N) is 2. The van der Waals surface area contributed by atoms with E-state index < -0.39 is 0 Å². The molecule has 0 atom stereocenters. The van der Waals surface area contributed by atoms with Crippen molar-refractivity contribution in [3.05, 3.63) is 29.6 Å². The first-order valence-electron chi connectivity index (χ1n) is 11.7. The third-order valence-corrected chi connectivity index (χ3v) is 8.16. The minimum absolute atomic E-state index is 0.136. The van der Waals surface area contributed by atoms with Crippen LogP contribution in [0, 0.1) is 11.2 Å². The Kier molecular flexibility index (Phi) is 5.37. The number of hydrogen-bond acceptors (Lipinski definition) is 3. The molecule has 0 bridgehead atoms. The van der Waals surface area contributed by atoms with Crippen molar-refractivity contribution in [1.82, 2.24) is 10.2 Å². The Labute approximate surface area is 173 Å². The molecule has 4 aliphatic rings. The molecular weight excluding hydrogens is 365 g/mol. The van der Waals surface area contributed by atoms with E-state index in [1.165, 1.54) is 38.8 Å². The second-order valence-electron chi connectivity index (χ2n) is 9.70. The predicted molar refractivity (Wildman–Crippen MR) is 114 cm³/mol. The molecule has 5 heteroatoms. The summed E-state index contributed by atoms with van der Waals surface area (Å²) >= 11 is 0. The highest BCUT2D eigenvalue weighted by atomic mass is 19.1. The maximum Gasteiger partial charge on any atom is 0.233 e. The van der Waals surface area contributed by atoms with Gasteiger partial charge in [-0.2, -0.15) is 0 Å². The largest absolute Gasteiger partial charge is 0.317 e. The summed E-state index contributed by atoms with van der Waals surface area (Å²) < 4.78 is 15.1. The lowest BCUT2D eigenvalue weighted by Crippen LogP contribution is -2.42. The van der Waals surface area contributed by atoms with E-state index in [-0.39, 0.29) is 17.1 Å². The maximum absolute atomic E-state index is 15.1. The summed E-state index contributed by atoms with van der Waals surface area (Å²) in [7, 11) is 0. The Morgan fingerprint density at radius 3 is 2.38 bits per heavy atom. The Morgan fingerprint density at radius 2 is 1.69 bits per heavy atom. The molecule has 1 saturated carbocycles. The second kappa shape index (κ2) is 7.99. The van der Waals surface area contributed by atoms with Gasteiger partial charge in [-0.1, -0.05) is 6.07 Å². The van der Waals surface area contributed by atoms with Gasteiger partial charge in [-0.25, -0.2) is 4.39 Å². The Morgan fingerprint density at radius 1 is 0.966 bits per heavy atom. The minimum atomic E-state index is -0.260. The van der Waals surface area contributed by atoms with Crippen LogP contribution in [0.5, 0.6) is 0 Å². The number of carbonyl (C=O) groups is 1. The number of nitrogens with one attached hydrogen (secondary N) is 1. The van der Waals surface area contributed by atoms with Gasteiger partial charge in [0.15, 0.2) is 0 Å². The molecule has 0 aromatic heterocycles. The summed E-state index contributed by atoms with van der Waals surface area (Å²) in [6.07, 6.45) is 10.1. The summed E-state index contributed by atoms with van der Waals surface area (Å²) in [5.74, 6) is 0.378. The number of piperidine rings is 1. The number of benzene rings is 1. The first-order valence-corrected chi connectivity index (χ1v) is 11.7. The molecule has 4 fully saturated rings. The molecule has 3 heterocycles. The van der Waals surface area contributed by atoms with E-state index in [1.807, 2.05) is 6.07 Å². The van der Waals surface area contributed by atoms with Crippen LogP contribution in [-0.4, -0.2) is 49.6 Å². The molecule has 5 rings (SSSR count). The predicted octanol–water partition coefficient (Wildman–Crippen LogP) is 4.05. The monoisotopic (exact) mass is 399 g/mol. The zero-order chi connectivity index (χ0) is 19.8. The van der Waals surface area contributed by atoms with Gasteiger partial charge >= 0.3 is 0 Å². The maximum atomic E-state index is 15.1. The Balaban J connectivity index is 1.26. The molecule has 29 heavy (non-hydrogen) atoms. The molecular formula is C24H34FN3O. The standard InChI is InChI=1S/C24H34FN3O/c25-21-17-19(18-3-6-20(7-4-18)27-14-1-2-15-27)5-8-22(21)28-16-11-24(23(28)29)9-12-26-13-10-24/h5,8,17-18,20,26H,1-4,6-7,9-16H2/t18-,20-. The van der Waals surface area contributed by atoms with E-state index in [0.29, 0.717) is 18.2 Å². The van der Waals surface area contributed by atoms with Gasteiger partial charge in [0.2, 0.25) is 5.91 Å². The summed E-state index contributed by atoms with van der Waals surface area (Å²) in [4.78, 5) is 17.5. The molecule has 0 radical (unpaired) electrons. The van der Waals surface area contributed by atoms with Crippen LogP contribution in [-0.2, 0) is 4.79 Å². The number of rotatable bonds is 3. The second-order valence-corrected chi connectivity index (χ2v) is 9.70. The van der Waals surface area contributed by atoms with Gasteiger partial charge in [0.05, 0.1) is 11.1 Å². The van der Waals surface area contributed by atoms with Crippen molar-refractivity contribution in [3.8, 4) is 0 Å². The zero-order valence-corrected chi connectivity index (χ0v) is 17.5. The molecule has 0 unspecified atom stereocenters. The first-order chi connectivity index (χ1) is 14.2. The third kappa shape index (κ3) is 3.61. The van der Waals surface area contributed by atoms with E-state index in [9.17, 15) is 4.79 Å². The molecule has 1 aliphatic carbocycles. The van der Waals surface area contributed by atoms with E-state index in [4.69, 9.17) is 0 Å². The molecule has 3 saturated heterocycles. The molecule has 1 aromatic carbocycles. The van der Waals surface area contributed by atoms with E-state index in [0.717, 1.165) is 56.8 Å². The summed E-state index contributed by atoms with van der Waals surface area (Å²) in [5.41, 5.74) is 1.35. The van der Waals surface area contributed by atoms with E-state index in [2.05, 4.69) is 16.3 Å². The minimum Gasteiger partial charge on any atom is -0.317 e. The Bertz CT molecular complexity index is 746. The van der Waals surface area contributed by atoms with Gasteiger partial charge in [-0.15, -0.1) is 0 Å². The highest BCUT2D eigenvalue weighted by Crippen LogP contribution is 2.43. The summed E-state index contributed by atoms with van der Waals surface area (Å²) in [6.45, 7) is 4.96. The summed E-state index contributed by atoms with van der Waals surface area (Å²) in [6, 6.07) is 6.41. The van der Waals surface area contributed by atoms with Crippen molar-refractivity contribution in [2.45, 2.75) is 69.7 Å². The molecule has 3 aliphatic heterocycles. The SMILES string of the molecule is O=C1N(c2ccc([C@H]3CC[C@H](N4CCCC4)CC3)cc2F)CCC12CCNCC2. The van der Waals surface area contributed by atoms with Crippen LogP contribution >= 0.6 is 0 Å². The topological polar surface area (TPSA) is 35.6 Å². The summed E-state index contributed by atoms with van der Waals surface area (Å²) in [5, 5.41) is 3.34. The molecule has 1 amide bonds. The van der Waals surface area contributed by atoms with Crippen LogP contribution in [0.4, 0.5) is 10.1 Å². The molecule has 1 N–H and O–H groups in total. The first kappa shape index (κ1) is 19.5. The molecule has 1 aromatic rings. The van der Waals surface area contributed by atoms with Crippen LogP contribution in [0.3, 0.4) is 0 Å². The van der Waals surface area contributed by atoms with Crippen molar-refractivity contribution >= 4 is 11.6 Å². The lowest BCUT2D eigenvalue weighted by atomic mass is 9.77. The fourth-order valence-corrected chi connectivity index (χ4v) is 6.30. The van der Waals surface area contributed by atoms with Crippen LogP contribution < -0.4 is 10.2 Å². The zero-order valence-electron chi connectivity index (χ0n) is 17.5.